The predicted molar refractivity (Wildman–Crippen MR) is 74.9 cm³/mol. The summed E-state index contributed by atoms with van der Waals surface area (Å²) in [6, 6.07) is 5.14. The highest BCUT2D eigenvalue weighted by molar-refractivity contribution is 7.92. The summed E-state index contributed by atoms with van der Waals surface area (Å²) in [5, 5.41) is 3.88. The average molecular weight is 309 g/mol. The summed E-state index contributed by atoms with van der Waals surface area (Å²) in [4.78, 5) is 0. The van der Waals surface area contributed by atoms with E-state index < -0.39 is 10.0 Å². The zero-order valence-corrected chi connectivity index (χ0v) is 11.9. The van der Waals surface area contributed by atoms with Crippen LogP contribution in [0.2, 0.25) is 10.0 Å². The van der Waals surface area contributed by atoms with Crippen LogP contribution in [0, 0.1) is 0 Å². The van der Waals surface area contributed by atoms with Crippen LogP contribution in [-0.2, 0) is 10.0 Å². The molecule has 0 atom stereocenters. The van der Waals surface area contributed by atoms with E-state index in [2.05, 4.69) is 10.0 Å². The number of benzene rings is 1. The minimum Gasteiger partial charge on any atom is -0.313 e. The van der Waals surface area contributed by atoms with Crippen LogP contribution >= 0.6 is 23.2 Å². The smallest absolute Gasteiger partial charge is 0.233 e. The second kappa shape index (κ2) is 5.65. The Balaban J connectivity index is 1.91. The summed E-state index contributed by atoms with van der Waals surface area (Å²) in [6.07, 6.45) is 2.28. The van der Waals surface area contributed by atoms with Crippen molar-refractivity contribution in [2.75, 3.05) is 17.0 Å². The maximum absolute atomic E-state index is 11.8. The highest BCUT2D eigenvalue weighted by atomic mass is 35.5. The van der Waals surface area contributed by atoms with Crippen molar-refractivity contribution in [3.8, 4) is 0 Å². The van der Waals surface area contributed by atoms with Crippen LogP contribution in [0.25, 0.3) is 0 Å². The summed E-state index contributed by atoms with van der Waals surface area (Å²) in [7, 11) is -3.35. The van der Waals surface area contributed by atoms with Crippen LogP contribution in [0.4, 0.5) is 5.69 Å². The van der Waals surface area contributed by atoms with E-state index in [1.54, 1.807) is 12.1 Å². The summed E-state index contributed by atoms with van der Waals surface area (Å²) in [5.74, 6) is 0.0454. The number of hydrogen-bond acceptors (Lipinski definition) is 3. The third-order valence-electron chi connectivity index (χ3n) is 2.57. The van der Waals surface area contributed by atoms with Gasteiger partial charge >= 0.3 is 0 Å². The molecular weight excluding hydrogens is 295 g/mol. The van der Waals surface area contributed by atoms with E-state index in [0.717, 1.165) is 12.8 Å². The zero-order chi connectivity index (χ0) is 13.2. The molecule has 18 heavy (non-hydrogen) atoms. The molecule has 0 saturated heterocycles. The van der Waals surface area contributed by atoms with Crippen molar-refractivity contribution in [2.45, 2.75) is 18.9 Å². The minimum atomic E-state index is -3.35. The summed E-state index contributed by atoms with van der Waals surface area (Å²) >= 11 is 11.6. The number of sulfonamides is 1. The van der Waals surface area contributed by atoms with Crippen molar-refractivity contribution in [2.24, 2.45) is 0 Å². The van der Waals surface area contributed by atoms with Crippen LogP contribution in [0.3, 0.4) is 0 Å². The molecule has 0 amide bonds. The van der Waals surface area contributed by atoms with E-state index in [0.29, 0.717) is 28.3 Å². The lowest BCUT2D eigenvalue weighted by Crippen LogP contribution is -2.27. The molecule has 0 radical (unpaired) electrons. The third-order valence-corrected chi connectivity index (χ3v) is 4.60. The fourth-order valence-corrected chi connectivity index (χ4v) is 2.75. The van der Waals surface area contributed by atoms with Crippen molar-refractivity contribution in [3.05, 3.63) is 28.2 Å². The number of rotatable bonds is 6. The van der Waals surface area contributed by atoms with Gasteiger partial charge in [-0.05, 0) is 31.0 Å². The first-order chi connectivity index (χ1) is 8.46. The van der Waals surface area contributed by atoms with Gasteiger partial charge in [0, 0.05) is 12.6 Å². The maximum Gasteiger partial charge on any atom is 0.233 e. The largest absolute Gasteiger partial charge is 0.313 e. The van der Waals surface area contributed by atoms with E-state index in [9.17, 15) is 8.42 Å². The average Bonchev–Trinajstić information content (AvgIpc) is 3.07. The standard InChI is InChI=1S/C11H14Cl2N2O2S/c12-10-4-3-9(7-11(10)13)15-18(16,17)6-5-14-8-1-2-8/h3-4,7-8,14-15H,1-2,5-6H2. The first kappa shape index (κ1) is 13.9. The van der Waals surface area contributed by atoms with Gasteiger partial charge in [0.25, 0.3) is 0 Å². The summed E-state index contributed by atoms with van der Waals surface area (Å²) < 4.78 is 26.0. The molecule has 0 spiro atoms. The van der Waals surface area contributed by atoms with Gasteiger partial charge in [0.15, 0.2) is 0 Å². The third kappa shape index (κ3) is 4.31. The van der Waals surface area contributed by atoms with Crippen molar-refractivity contribution >= 4 is 38.9 Å². The normalized spacial score (nSPS) is 15.7. The molecule has 4 nitrogen and oxygen atoms in total. The molecular formula is C11H14Cl2N2O2S. The summed E-state index contributed by atoms with van der Waals surface area (Å²) in [5.41, 5.74) is 0.427. The molecule has 2 rings (SSSR count). The first-order valence-electron chi connectivity index (χ1n) is 5.65. The van der Waals surface area contributed by atoms with E-state index in [4.69, 9.17) is 23.2 Å². The molecule has 0 unspecified atom stereocenters. The second-order valence-electron chi connectivity index (χ2n) is 4.28. The number of hydrogen-bond donors (Lipinski definition) is 2. The van der Waals surface area contributed by atoms with E-state index >= 15 is 0 Å². The minimum absolute atomic E-state index is 0.0454. The van der Waals surface area contributed by atoms with Gasteiger partial charge < -0.3 is 5.32 Å². The number of halogens is 2. The van der Waals surface area contributed by atoms with Gasteiger partial charge in [0.05, 0.1) is 21.5 Å². The lowest BCUT2D eigenvalue weighted by Gasteiger charge is -2.09. The van der Waals surface area contributed by atoms with Gasteiger partial charge in [-0.25, -0.2) is 8.42 Å². The van der Waals surface area contributed by atoms with Crippen LogP contribution < -0.4 is 10.0 Å². The molecule has 1 saturated carbocycles. The van der Waals surface area contributed by atoms with Gasteiger partial charge in [-0.3, -0.25) is 4.72 Å². The highest BCUT2D eigenvalue weighted by Crippen LogP contribution is 2.25. The Morgan fingerprint density at radius 3 is 2.56 bits per heavy atom. The van der Waals surface area contributed by atoms with Gasteiger partial charge in [0.1, 0.15) is 0 Å². The topological polar surface area (TPSA) is 58.2 Å². The fraction of sp³-hybridized carbons (Fsp3) is 0.455. The lowest BCUT2D eigenvalue weighted by molar-refractivity contribution is 0.595. The van der Waals surface area contributed by atoms with Crippen molar-refractivity contribution in [3.63, 3.8) is 0 Å². The molecule has 1 aliphatic carbocycles. The van der Waals surface area contributed by atoms with Crippen molar-refractivity contribution in [1.82, 2.24) is 5.32 Å². The number of nitrogens with one attached hydrogen (secondary N) is 2. The van der Waals surface area contributed by atoms with Crippen LogP contribution in [0.15, 0.2) is 18.2 Å². The second-order valence-corrected chi connectivity index (χ2v) is 6.93. The molecule has 1 aromatic carbocycles. The van der Waals surface area contributed by atoms with E-state index in [-0.39, 0.29) is 5.75 Å². The zero-order valence-electron chi connectivity index (χ0n) is 9.62. The SMILES string of the molecule is O=S(=O)(CCNC1CC1)Nc1ccc(Cl)c(Cl)c1. The molecule has 7 heteroatoms. The Labute approximate surface area is 117 Å². The first-order valence-corrected chi connectivity index (χ1v) is 8.06. The molecule has 0 aromatic heterocycles. The molecule has 1 fully saturated rings. The van der Waals surface area contributed by atoms with Crippen LogP contribution in [0.5, 0.6) is 0 Å². The highest BCUT2D eigenvalue weighted by Gasteiger charge is 2.21. The Morgan fingerprint density at radius 1 is 1.22 bits per heavy atom. The molecule has 0 heterocycles. The lowest BCUT2D eigenvalue weighted by atomic mass is 10.3. The maximum atomic E-state index is 11.8. The quantitative estimate of drug-likeness (QED) is 0.849. The van der Waals surface area contributed by atoms with Crippen molar-refractivity contribution < 1.29 is 8.42 Å². The molecule has 0 aliphatic heterocycles. The summed E-state index contributed by atoms with van der Waals surface area (Å²) in [6.45, 7) is 0.460. The van der Waals surface area contributed by atoms with Gasteiger partial charge in [-0.15, -0.1) is 0 Å². The monoisotopic (exact) mass is 308 g/mol. The molecule has 1 aromatic rings. The Hall–Kier alpha value is -0.490. The predicted octanol–water partition coefficient (Wildman–Crippen LogP) is 2.49. The number of anilines is 1. The van der Waals surface area contributed by atoms with Crippen LogP contribution in [-0.4, -0.2) is 26.8 Å². The fourth-order valence-electron chi connectivity index (χ4n) is 1.48. The van der Waals surface area contributed by atoms with Gasteiger partial charge in [-0.2, -0.15) is 0 Å². The molecule has 1 aliphatic rings. The van der Waals surface area contributed by atoms with Gasteiger partial charge in [-0.1, -0.05) is 23.2 Å². The molecule has 100 valence electrons. The van der Waals surface area contributed by atoms with Gasteiger partial charge in [0.2, 0.25) is 10.0 Å². The Bertz CT molecular complexity index is 530. The van der Waals surface area contributed by atoms with Crippen molar-refractivity contribution in [1.29, 1.82) is 0 Å². The van der Waals surface area contributed by atoms with E-state index in [1.165, 1.54) is 6.07 Å². The van der Waals surface area contributed by atoms with E-state index in [1.807, 2.05) is 0 Å². The molecule has 0 bridgehead atoms. The van der Waals surface area contributed by atoms with Crippen LogP contribution in [0.1, 0.15) is 12.8 Å². The Morgan fingerprint density at radius 2 is 1.94 bits per heavy atom. The molecule has 2 N–H and O–H groups in total. The Kier molecular flexibility index (Phi) is 4.37.